The summed E-state index contributed by atoms with van der Waals surface area (Å²) in [5.74, 6) is 0.831. The van der Waals surface area contributed by atoms with Crippen LogP contribution < -0.4 is 4.74 Å². The number of hydrogen-bond acceptors (Lipinski definition) is 2. The van der Waals surface area contributed by atoms with E-state index in [0.29, 0.717) is 0 Å². The van der Waals surface area contributed by atoms with Gasteiger partial charge in [0.05, 0.1) is 18.9 Å². The van der Waals surface area contributed by atoms with Gasteiger partial charge in [-0.15, -0.1) is 0 Å². The van der Waals surface area contributed by atoms with Crippen molar-refractivity contribution in [3.05, 3.63) is 46.2 Å². The van der Waals surface area contributed by atoms with Crippen LogP contribution in [0, 0.1) is 0 Å². The maximum absolute atomic E-state index is 10.0. The average Bonchev–Trinajstić information content (AvgIpc) is 2.85. The number of aliphatic hydroxyl groups is 1. The van der Waals surface area contributed by atoms with E-state index in [0.717, 1.165) is 40.7 Å². The van der Waals surface area contributed by atoms with Crippen LogP contribution in [0.2, 0.25) is 0 Å². The lowest BCUT2D eigenvalue weighted by atomic mass is 9.95. The molecule has 2 aromatic rings. The molecule has 0 radical (unpaired) electrons. The molecule has 1 unspecified atom stereocenters. The second-order valence-corrected chi connectivity index (χ2v) is 5.67. The van der Waals surface area contributed by atoms with Crippen molar-refractivity contribution < 1.29 is 9.84 Å². The lowest BCUT2D eigenvalue weighted by Gasteiger charge is -2.20. The van der Waals surface area contributed by atoms with E-state index in [-0.39, 0.29) is 6.10 Å². The van der Waals surface area contributed by atoms with E-state index in [4.69, 9.17) is 4.74 Å². The molecule has 4 heteroatoms. The maximum Gasteiger partial charge on any atom is 0.121 e. The Kier molecular flexibility index (Phi) is 3.37. The number of halogens is 1. The van der Waals surface area contributed by atoms with Crippen molar-refractivity contribution in [2.24, 2.45) is 0 Å². The van der Waals surface area contributed by atoms with Crippen LogP contribution in [0.4, 0.5) is 0 Å². The van der Waals surface area contributed by atoms with Gasteiger partial charge in [0.2, 0.25) is 0 Å². The second kappa shape index (κ2) is 5.02. The molecule has 1 aliphatic carbocycles. The van der Waals surface area contributed by atoms with Crippen molar-refractivity contribution in [1.29, 1.82) is 0 Å². The van der Waals surface area contributed by atoms with E-state index in [1.54, 1.807) is 7.11 Å². The Morgan fingerprint density at radius 2 is 2.21 bits per heavy atom. The van der Waals surface area contributed by atoms with Crippen molar-refractivity contribution in [2.45, 2.75) is 25.4 Å². The summed E-state index contributed by atoms with van der Waals surface area (Å²) in [6, 6.07) is 7.94. The summed E-state index contributed by atoms with van der Waals surface area (Å²) in [7, 11) is 1.67. The number of aromatic nitrogens is 1. The van der Waals surface area contributed by atoms with Gasteiger partial charge in [0, 0.05) is 28.0 Å². The zero-order chi connectivity index (χ0) is 13.4. The third-order valence-corrected chi connectivity index (χ3v) is 4.36. The number of nitrogens with zero attached hydrogens (tertiary/aromatic N) is 1. The number of ether oxygens (including phenoxy) is 1. The minimum absolute atomic E-state index is 0.325. The number of aliphatic hydroxyl groups excluding tert-OH is 1. The maximum atomic E-state index is 10.0. The number of rotatable bonds is 2. The summed E-state index contributed by atoms with van der Waals surface area (Å²) >= 11 is 3.59. The minimum Gasteiger partial charge on any atom is -0.497 e. The molecule has 0 saturated carbocycles. The smallest absolute Gasteiger partial charge is 0.121 e. The SMILES string of the molecule is COc1ccc(Br)c(-n2ccc3c2CCCC3O)c1. The van der Waals surface area contributed by atoms with Gasteiger partial charge in [0.15, 0.2) is 0 Å². The molecule has 1 N–H and O–H groups in total. The Bertz CT molecular complexity index is 606. The van der Waals surface area contributed by atoms with Crippen LogP contribution in [0.25, 0.3) is 5.69 Å². The molecule has 1 aromatic carbocycles. The predicted molar refractivity (Wildman–Crippen MR) is 77.9 cm³/mol. The summed E-state index contributed by atoms with van der Waals surface area (Å²) in [5.41, 5.74) is 3.31. The fraction of sp³-hybridized carbons (Fsp3) is 0.333. The normalized spacial score (nSPS) is 18.2. The number of methoxy groups -OCH3 is 1. The fourth-order valence-corrected chi connectivity index (χ4v) is 3.13. The molecule has 0 aliphatic heterocycles. The highest BCUT2D eigenvalue weighted by Gasteiger charge is 2.22. The molecule has 0 bridgehead atoms. The van der Waals surface area contributed by atoms with Crippen LogP contribution in [-0.4, -0.2) is 16.8 Å². The molecule has 100 valence electrons. The van der Waals surface area contributed by atoms with Gasteiger partial charge in [-0.25, -0.2) is 0 Å². The van der Waals surface area contributed by atoms with E-state index in [1.807, 2.05) is 30.5 Å². The van der Waals surface area contributed by atoms with E-state index in [1.165, 1.54) is 5.69 Å². The Morgan fingerprint density at radius 3 is 3.00 bits per heavy atom. The van der Waals surface area contributed by atoms with E-state index >= 15 is 0 Å². The first-order valence-electron chi connectivity index (χ1n) is 6.43. The summed E-state index contributed by atoms with van der Waals surface area (Å²) in [6.45, 7) is 0. The molecule has 3 rings (SSSR count). The molecule has 0 fully saturated rings. The van der Waals surface area contributed by atoms with Gasteiger partial charge in [-0.05, 0) is 53.4 Å². The summed E-state index contributed by atoms with van der Waals surface area (Å²) in [5, 5.41) is 10.0. The lowest BCUT2D eigenvalue weighted by molar-refractivity contribution is 0.156. The number of fused-ring (bicyclic) bond motifs is 1. The third-order valence-electron chi connectivity index (χ3n) is 3.69. The molecule has 1 aliphatic rings. The van der Waals surface area contributed by atoms with Crippen molar-refractivity contribution in [3.8, 4) is 11.4 Å². The van der Waals surface area contributed by atoms with Crippen molar-refractivity contribution in [2.75, 3.05) is 7.11 Å². The predicted octanol–water partition coefficient (Wildman–Crippen LogP) is 3.62. The first kappa shape index (κ1) is 12.8. The van der Waals surface area contributed by atoms with Crippen molar-refractivity contribution in [1.82, 2.24) is 4.57 Å². The summed E-state index contributed by atoms with van der Waals surface area (Å²) in [6.07, 6.45) is 4.59. The lowest BCUT2D eigenvalue weighted by Crippen LogP contribution is -2.11. The van der Waals surface area contributed by atoms with Crippen LogP contribution in [0.1, 0.15) is 30.2 Å². The highest BCUT2D eigenvalue weighted by molar-refractivity contribution is 9.10. The standard InChI is InChI=1S/C15H16BrNO2/c1-19-10-5-6-12(16)14(9-10)17-8-7-11-13(17)3-2-4-15(11)18/h5-9,15,18H,2-4H2,1H3. The Hall–Kier alpha value is -1.26. The minimum atomic E-state index is -0.325. The Balaban J connectivity index is 2.12. The summed E-state index contributed by atoms with van der Waals surface area (Å²) in [4.78, 5) is 0. The van der Waals surface area contributed by atoms with Gasteiger partial charge >= 0.3 is 0 Å². The van der Waals surface area contributed by atoms with Crippen LogP contribution in [0.5, 0.6) is 5.75 Å². The fourth-order valence-electron chi connectivity index (χ4n) is 2.70. The zero-order valence-corrected chi connectivity index (χ0v) is 12.4. The molecular weight excluding hydrogens is 306 g/mol. The van der Waals surface area contributed by atoms with Crippen molar-refractivity contribution >= 4 is 15.9 Å². The largest absolute Gasteiger partial charge is 0.497 e. The molecule has 19 heavy (non-hydrogen) atoms. The molecule has 1 aromatic heterocycles. The molecule has 0 spiro atoms. The monoisotopic (exact) mass is 321 g/mol. The van der Waals surface area contributed by atoms with Crippen LogP contribution in [0.3, 0.4) is 0 Å². The quantitative estimate of drug-likeness (QED) is 0.916. The molecule has 0 saturated heterocycles. The van der Waals surface area contributed by atoms with E-state index in [9.17, 15) is 5.11 Å². The third kappa shape index (κ3) is 2.19. The molecule has 1 heterocycles. The number of benzene rings is 1. The highest BCUT2D eigenvalue weighted by Crippen LogP contribution is 2.34. The zero-order valence-electron chi connectivity index (χ0n) is 10.8. The number of hydrogen-bond donors (Lipinski definition) is 1. The molecule has 1 atom stereocenters. The average molecular weight is 322 g/mol. The van der Waals surface area contributed by atoms with Crippen LogP contribution >= 0.6 is 15.9 Å². The molecular formula is C15H16BrNO2. The second-order valence-electron chi connectivity index (χ2n) is 4.81. The topological polar surface area (TPSA) is 34.4 Å². The first-order chi connectivity index (χ1) is 9.20. The van der Waals surface area contributed by atoms with Crippen LogP contribution in [-0.2, 0) is 6.42 Å². The highest BCUT2D eigenvalue weighted by atomic mass is 79.9. The van der Waals surface area contributed by atoms with Crippen molar-refractivity contribution in [3.63, 3.8) is 0 Å². The summed E-state index contributed by atoms with van der Waals surface area (Å²) < 4.78 is 8.45. The van der Waals surface area contributed by atoms with Gasteiger partial charge in [0.25, 0.3) is 0 Å². The van der Waals surface area contributed by atoms with Crippen LogP contribution in [0.15, 0.2) is 34.9 Å². The van der Waals surface area contributed by atoms with Gasteiger partial charge in [-0.3, -0.25) is 0 Å². The van der Waals surface area contributed by atoms with E-state index in [2.05, 4.69) is 20.5 Å². The van der Waals surface area contributed by atoms with Gasteiger partial charge < -0.3 is 14.4 Å². The van der Waals surface area contributed by atoms with E-state index < -0.39 is 0 Å². The van der Waals surface area contributed by atoms with Gasteiger partial charge in [0.1, 0.15) is 5.75 Å². The first-order valence-corrected chi connectivity index (χ1v) is 7.22. The molecule has 3 nitrogen and oxygen atoms in total. The Morgan fingerprint density at radius 1 is 1.37 bits per heavy atom. The molecule has 0 amide bonds. The van der Waals surface area contributed by atoms with Gasteiger partial charge in [-0.2, -0.15) is 0 Å². The van der Waals surface area contributed by atoms with Gasteiger partial charge in [-0.1, -0.05) is 0 Å². The Labute approximate surface area is 121 Å².